The zero-order chi connectivity index (χ0) is 9.83. The van der Waals surface area contributed by atoms with Crippen molar-refractivity contribution in [3.05, 3.63) is 0 Å². The molecule has 2 heteroatoms. The number of hydrogen-bond donors (Lipinski definition) is 0. The molecule has 0 aromatic rings. The molecule has 0 heterocycles. The first kappa shape index (κ1) is 12.2. The Hall–Kier alpha value is 0.177. The van der Waals surface area contributed by atoms with Gasteiger partial charge in [0.2, 0.25) is 0 Å². The third-order valence-electron chi connectivity index (χ3n) is 1.82. The fourth-order valence-corrected chi connectivity index (χ4v) is 1.98. The Kier molecular flexibility index (Phi) is 4.49. The van der Waals surface area contributed by atoms with E-state index in [4.69, 9.17) is 4.43 Å². The van der Waals surface area contributed by atoms with Crippen LogP contribution in [0, 0.1) is 5.41 Å². The molecular weight excluding hydrogens is 164 g/mol. The molecule has 0 fully saturated rings. The molecule has 12 heavy (non-hydrogen) atoms. The van der Waals surface area contributed by atoms with Crippen LogP contribution in [0.4, 0.5) is 0 Å². The minimum absolute atomic E-state index is 0.370. The van der Waals surface area contributed by atoms with Gasteiger partial charge >= 0.3 is 0 Å². The molecule has 0 N–H and O–H groups in total. The lowest BCUT2D eigenvalue weighted by Crippen LogP contribution is -2.31. The minimum Gasteiger partial charge on any atom is -0.417 e. The van der Waals surface area contributed by atoms with Gasteiger partial charge in [-0.2, -0.15) is 0 Å². The molecule has 0 rings (SSSR count). The van der Waals surface area contributed by atoms with Crippen LogP contribution in [0.3, 0.4) is 0 Å². The molecule has 0 saturated heterocycles. The first-order valence-corrected chi connectivity index (χ1v) is 8.32. The molecule has 0 unspecified atom stereocenters. The van der Waals surface area contributed by atoms with Crippen molar-refractivity contribution < 1.29 is 4.43 Å². The SMILES string of the molecule is CCCC(C)(C)CO[Si](C)(C)C. The lowest BCUT2D eigenvalue weighted by molar-refractivity contribution is 0.163. The van der Waals surface area contributed by atoms with Gasteiger partial charge in [-0.05, 0) is 31.5 Å². The molecule has 0 saturated carbocycles. The quantitative estimate of drug-likeness (QED) is 0.598. The molecule has 0 amide bonds. The summed E-state index contributed by atoms with van der Waals surface area (Å²) in [5.41, 5.74) is 0.370. The zero-order valence-corrected chi connectivity index (χ0v) is 10.5. The Morgan fingerprint density at radius 3 is 2.00 bits per heavy atom. The van der Waals surface area contributed by atoms with Crippen molar-refractivity contribution in [1.29, 1.82) is 0 Å². The molecule has 0 atom stereocenters. The molecule has 0 radical (unpaired) electrons. The Balaban J connectivity index is 3.75. The third kappa shape index (κ3) is 6.86. The topological polar surface area (TPSA) is 9.23 Å². The average Bonchev–Trinajstić information content (AvgIpc) is 1.83. The minimum atomic E-state index is -1.30. The highest BCUT2D eigenvalue weighted by Crippen LogP contribution is 2.23. The van der Waals surface area contributed by atoms with E-state index in [9.17, 15) is 0 Å². The van der Waals surface area contributed by atoms with Gasteiger partial charge in [-0.3, -0.25) is 0 Å². The smallest absolute Gasteiger partial charge is 0.183 e. The van der Waals surface area contributed by atoms with Crippen molar-refractivity contribution in [2.75, 3.05) is 6.61 Å². The van der Waals surface area contributed by atoms with E-state index in [2.05, 4.69) is 40.4 Å². The second-order valence-electron chi connectivity index (χ2n) is 5.32. The summed E-state index contributed by atoms with van der Waals surface area (Å²) in [5.74, 6) is 0. The van der Waals surface area contributed by atoms with E-state index in [1.165, 1.54) is 12.8 Å². The molecular formula is C10H24OSi. The highest BCUT2D eigenvalue weighted by atomic mass is 28.4. The Morgan fingerprint density at radius 2 is 1.67 bits per heavy atom. The van der Waals surface area contributed by atoms with E-state index in [-0.39, 0.29) is 0 Å². The van der Waals surface area contributed by atoms with Crippen molar-refractivity contribution in [3.8, 4) is 0 Å². The molecule has 0 aliphatic rings. The first-order valence-electron chi connectivity index (χ1n) is 4.91. The van der Waals surface area contributed by atoms with Gasteiger partial charge in [-0.1, -0.05) is 27.2 Å². The van der Waals surface area contributed by atoms with Crippen LogP contribution in [0.2, 0.25) is 19.6 Å². The maximum Gasteiger partial charge on any atom is 0.183 e. The molecule has 0 aliphatic heterocycles. The predicted octanol–water partition coefficient (Wildman–Crippen LogP) is 3.66. The fourth-order valence-electron chi connectivity index (χ4n) is 1.16. The van der Waals surface area contributed by atoms with Gasteiger partial charge in [-0.15, -0.1) is 0 Å². The van der Waals surface area contributed by atoms with Crippen molar-refractivity contribution in [2.24, 2.45) is 5.41 Å². The van der Waals surface area contributed by atoms with Crippen molar-refractivity contribution in [3.63, 3.8) is 0 Å². The van der Waals surface area contributed by atoms with Crippen LogP contribution in [0.25, 0.3) is 0 Å². The highest BCUT2D eigenvalue weighted by Gasteiger charge is 2.22. The monoisotopic (exact) mass is 188 g/mol. The van der Waals surface area contributed by atoms with Gasteiger partial charge in [0.05, 0.1) is 0 Å². The van der Waals surface area contributed by atoms with Gasteiger partial charge < -0.3 is 4.43 Å². The van der Waals surface area contributed by atoms with Crippen LogP contribution in [0.15, 0.2) is 0 Å². The molecule has 0 aromatic heterocycles. The van der Waals surface area contributed by atoms with Crippen LogP contribution in [0.5, 0.6) is 0 Å². The van der Waals surface area contributed by atoms with Gasteiger partial charge in [0.1, 0.15) is 0 Å². The van der Waals surface area contributed by atoms with Crippen LogP contribution in [-0.4, -0.2) is 14.9 Å². The Labute approximate surface area is 78.6 Å². The standard InChI is InChI=1S/C10H24OSi/c1-7-8-10(2,3)9-11-12(4,5)6/h7-9H2,1-6H3. The van der Waals surface area contributed by atoms with E-state index < -0.39 is 8.32 Å². The van der Waals surface area contributed by atoms with Gasteiger partial charge in [0, 0.05) is 6.61 Å². The van der Waals surface area contributed by atoms with E-state index in [1.54, 1.807) is 0 Å². The van der Waals surface area contributed by atoms with E-state index in [0.717, 1.165) is 6.61 Å². The summed E-state index contributed by atoms with van der Waals surface area (Å²) in [7, 11) is -1.30. The first-order chi connectivity index (χ1) is 5.27. The van der Waals surface area contributed by atoms with Gasteiger partial charge in [-0.25, -0.2) is 0 Å². The Bertz CT molecular complexity index is 124. The fraction of sp³-hybridized carbons (Fsp3) is 1.00. The number of hydrogen-bond acceptors (Lipinski definition) is 1. The lowest BCUT2D eigenvalue weighted by atomic mass is 9.89. The van der Waals surface area contributed by atoms with Crippen LogP contribution in [-0.2, 0) is 4.43 Å². The van der Waals surface area contributed by atoms with Gasteiger partial charge in [0.25, 0.3) is 0 Å². The predicted molar refractivity (Wildman–Crippen MR) is 58.0 cm³/mol. The molecule has 0 bridgehead atoms. The molecule has 0 aliphatic carbocycles. The summed E-state index contributed by atoms with van der Waals surface area (Å²) >= 11 is 0. The molecule has 0 spiro atoms. The maximum atomic E-state index is 5.89. The Morgan fingerprint density at radius 1 is 1.17 bits per heavy atom. The second-order valence-corrected chi connectivity index (χ2v) is 9.83. The van der Waals surface area contributed by atoms with Crippen LogP contribution in [0.1, 0.15) is 33.6 Å². The van der Waals surface area contributed by atoms with E-state index >= 15 is 0 Å². The van der Waals surface area contributed by atoms with E-state index in [0.29, 0.717) is 5.41 Å². The lowest BCUT2D eigenvalue weighted by Gasteiger charge is -2.28. The van der Waals surface area contributed by atoms with Crippen molar-refractivity contribution >= 4 is 8.32 Å². The van der Waals surface area contributed by atoms with Crippen molar-refractivity contribution in [2.45, 2.75) is 53.3 Å². The number of rotatable bonds is 5. The van der Waals surface area contributed by atoms with Crippen LogP contribution >= 0.6 is 0 Å². The van der Waals surface area contributed by atoms with Crippen LogP contribution < -0.4 is 0 Å². The summed E-state index contributed by atoms with van der Waals surface area (Å²) in [6, 6.07) is 0. The average molecular weight is 188 g/mol. The zero-order valence-electron chi connectivity index (χ0n) is 9.53. The summed E-state index contributed by atoms with van der Waals surface area (Å²) in [6.07, 6.45) is 2.51. The summed E-state index contributed by atoms with van der Waals surface area (Å²) in [5, 5.41) is 0. The normalized spacial score (nSPS) is 13.5. The molecule has 0 aromatic carbocycles. The van der Waals surface area contributed by atoms with Gasteiger partial charge in [0.15, 0.2) is 8.32 Å². The summed E-state index contributed by atoms with van der Waals surface area (Å²) in [4.78, 5) is 0. The second kappa shape index (κ2) is 4.42. The highest BCUT2D eigenvalue weighted by molar-refractivity contribution is 6.69. The third-order valence-corrected chi connectivity index (χ3v) is 2.83. The van der Waals surface area contributed by atoms with Crippen molar-refractivity contribution in [1.82, 2.24) is 0 Å². The maximum absolute atomic E-state index is 5.89. The van der Waals surface area contributed by atoms with E-state index in [1.807, 2.05) is 0 Å². The molecule has 1 nitrogen and oxygen atoms in total. The largest absolute Gasteiger partial charge is 0.417 e. The summed E-state index contributed by atoms with van der Waals surface area (Å²) in [6.45, 7) is 14.5. The summed E-state index contributed by atoms with van der Waals surface area (Å²) < 4.78 is 5.89. The molecule has 74 valence electrons.